The molecule has 3 aromatic heterocycles. The van der Waals surface area contributed by atoms with Gasteiger partial charge >= 0.3 is 0 Å². The zero-order valence-corrected chi connectivity index (χ0v) is 13.4. The maximum Gasteiger partial charge on any atom is 0.285 e. The summed E-state index contributed by atoms with van der Waals surface area (Å²) < 4.78 is 5.19. The number of hydrogen-bond acceptors (Lipinski definition) is 3. The molecule has 116 valence electrons. The molecule has 0 saturated heterocycles. The largest absolute Gasteiger partial charge is 0.320 e. The number of hydrogen-bond donors (Lipinski definition) is 0. The third-order valence-corrected chi connectivity index (χ3v) is 4.43. The Morgan fingerprint density at radius 2 is 1.96 bits per heavy atom. The summed E-state index contributed by atoms with van der Waals surface area (Å²) in [6.45, 7) is 2.37. The average molecular weight is 328 g/mol. The maximum atomic E-state index is 12.9. The highest BCUT2D eigenvalue weighted by molar-refractivity contribution is 6.30. The van der Waals surface area contributed by atoms with E-state index in [0.717, 1.165) is 5.56 Å². The van der Waals surface area contributed by atoms with Crippen molar-refractivity contribution >= 4 is 28.5 Å². The van der Waals surface area contributed by atoms with Crippen LogP contribution in [-0.2, 0) is 13.6 Å². The molecule has 23 heavy (non-hydrogen) atoms. The lowest BCUT2D eigenvalue weighted by Gasteiger charge is -2.07. The molecule has 0 aliphatic rings. The van der Waals surface area contributed by atoms with E-state index in [0.29, 0.717) is 34.3 Å². The van der Waals surface area contributed by atoms with Crippen LogP contribution in [0.5, 0.6) is 0 Å². The van der Waals surface area contributed by atoms with Crippen molar-refractivity contribution in [3.63, 3.8) is 0 Å². The van der Waals surface area contributed by atoms with E-state index >= 15 is 0 Å². The van der Waals surface area contributed by atoms with E-state index in [9.17, 15) is 4.79 Å². The molecule has 0 N–H and O–H groups in total. The van der Waals surface area contributed by atoms with Crippen molar-refractivity contribution < 1.29 is 0 Å². The lowest BCUT2D eigenvalue weighted by molar-refractivity contribution is 0.813. The first kappa shape index (κ1) is 14.0. The number of aromatic nitrogens is 5. The summed E-state index contributed by atoms with van der Waals surface area (Å²) >= 11 is 6.09. The van der Waals surface area contributed by atoms with Crippen LogP contribution in [0.2, 0.25) is 5.15 Å². The molecule has 0 unspecified atom stereocenters. The Morgan fingerprint density at radius 1 is 1.22 bits per heavy atom. The molecule has 3 heterocycles. The van der Waals surface area contributed by atoms with Crippen LogP contribution >= 0.6 is 11.6 Å². The molecule has 0 spiro atoms. The third-order valence-electron chi connectivity index (χ3n) is 4.07. The lowest BCUT2D eigenvalue weighted by Crippen LogP contribution is -2.21. The number of benzene rings is 1. The summed E-state index contributed by atoms with van der Waals surface area (Å²) in [4.78, 5) is 21.6. The number of nitrogens with zero attached hydrogens (tertiary/aromatic N) is 5. The smallest absolute Gasteiger partial charge is 0.285 e. The molecule has 6 nitrogen and oxygen atoms in total. The van der Waals surface area contributed by atoms with Gasteiger partial charge in [-0.1, -0.05) is 41.9 Å². The molecule has 1 aromatic carbocycles. The second-order valence-corrected chi connectivity index (χ2v) is 5.88. The first-order valence-corrected chi connectivity index (χ1v) is 7.58. The van der Waals surface area contributed by atoms with Gasteiger partial charge in [-0.15, -0.1) is 0 Å². The third kappa shape index (κ3) is 1.98. The highest BCUT2D eigenvalue weighted by Gasteiger charge is 2.18. The lowest BCUT2D eigenvalue weighted by atomic mass is 10.2. The van der Waals surface area contributed by atoms with Gasteiger partial charge < -0.3 is 4.57 Å². The number of halogens is 1. The van der Waals surface area contributed by atoms with Crippen LogP contribution in [0.15, 0.2) is 41.5 Å². The summed E-state index contributed by atoms with van der Waals surface area (Å²) in [7, 11) is 1.83. The molecule has 7 heteroatoms. The summed E-state index contributed by atoms with van der Waals surface area (Å²) in [5.74, 6) is 0.495. The van der Waals surface area contributed by atoms with Crippen LogP contribution in [-0.4, -0.2) is 23.5 Å². The molecule has 0 bridgehead atoms. The van der Waals surface area contributed by atoms with E-state index in [1.54, 1.807) is 17.8 Å². The van der Waals surface area contributed by atoms with Crippen molar-refractivity contribution in [1.82, 2.24) is 23.5 Å². The zero-order chi connectivity index (χ0) is 16.1. The predicted molar refractivity (Wildman–Crippen MR) is 89.0 cm³/mol. The topological polar surface area (TPSA) is 57.1 Å². The fraction of sp³-hybridized carbons (Fsp3) is 0.188. The number of rotatable bonds is 2. The van der Waals surface area contributed by atoms with Gasteiger partial charge in [0, 0.05) is 13.6 Å². The van der Waals surface area contributed by atoms with Crippen molar-refractivity contribution in [3.05, 3.63) is 63.4 Å². The fourth-order valence-corrected chi connectivity index (χ4v) is 3.03. The normalized spacial score (nSPS) is 11.6. The molecular weight excluding hydrogens is 314 g/mol. The van der Waals surface area contributed by atoms with Crippen LogP contribution in [0.4, 0.5) is 0 Å². The van der Waals surface area contributed by atoms with E-state index in [-0.39, 0.29) is 5.56 Å². The number of fused-ring (bicyclic) bond motifs is 2. The van der Waals surface area contributed by atoms with E-state index in [2.05, 4.69) is 9.97 Å². The summed E-state index contributed by atoms with van der Waals surface area (Å²) in [6, 6.07) is 9.96. The second-order valence-electron chi connectivity index (χ2n) is 5.52. The Hall–Kier alpha value is -2.60. The molecule has 0 aliphatic heterocycles. The molecule has 0 radical (unpaired) electrons. The molecule has 0 fully saturated rings. The van der Waals surface area contributed by atoms with Gasteiger partial charge in [0.2, 0.25) is 5.78 Å². The van der Waals surface area contributed by atoms with Gasteiger partial charge in [0.15, 0.2) is 16.3 Å². The molecule has 0 aliphatic carbocycles. The fourth-order valence-electron chi connectivity index (χ4n) is 2.87. The van der Waals surface area contributed by atoms with Crippen LogP contribution < -0.4 is 5.56 Å². The second kappa shape index (κ2) is 4.96. The molecule has 0 amide bonds. The quantitative estimate of drug-likeness (QED) is 0.568. The molecule has 4 aromatic rings. The Labute approximate surface area is 136 Å². The van der Waals surface area contributed by atoms with Crippen LogP contribution in [0.3, 0.4) is 0 Å². The Balaban J connectivity index is 2.03. The summed E-state index contributed by atoms with van der Waals surface area (Å²) in [5.41, 5.74) is 2.73. The zero-order valence-electron chi connectivity index (χ0n) is 12.7. The van der Waals surface area contributed by atoms with Crippen LogP contribution in [0.25, 0.3) is 16.9 Å². The van der Waals surface area contributed by atoms with Gasteiger partial charge in [-0.2, -0.15) is 4.98 Å². The van der Waals surface area contributed by atoms with Crippen molar-refractivity contribution in [2.24, 2.45) is 7.05 Å². The van der Waals surface area contributed by atoms with Crippen molar-refractivity contribution in [2.45, 2.75) is 13.5 Å². The van der Waals surface area contributed by atoms with E-state index in [4.69, 9.17) is 11.6 Å². The monoisotopic (exact) mass is 327 g/mol. The van der Waals surface area contributed by atoms with Crippen LogP contribution in [0, 0.1) is 6.92 Å². The predicted octanol–water partition coefficient (Wildman–Crippen LogP) is 2.39. The number of aryl methyl sites for hydroxylation is 2. The van der Waals surface area contributed by atoms with Gasteiger partial charge in [0.25, 0.3) is 5.56 Å². The Morgan fingerprint density at radius 3 is 2.70 bits per heavy atom. The van der Waals surface area contributed by atoms with E-state index in [1.165, 1.54) is 4.40 Å². The van der Waals surface area contributed by atoms with E-state index in [1.807, 2.05) is 41.9 Å². The molecule has 0 saturated carbocycles. The first-order chi connectivity index (χ1) is 11.1. The van der Waals surface area contributed by atoms with Crippen molar-refractivity contribution in [2.75, 3.05) is 0 Å². The standard InChI is InChI=1S/C16H14ClN5O/c1-10-13(17)19-16-20(2)14-12(15(23)22(10)16)21(9-18-14)8-11-6-4-3-5-7-11/h3-7,9H,8H2,1-2H3. The van der Waals surface area contributed by atoms with Gasteiger partial charge in [0.05, 0.1) is 12.0 Å². The highest BCUT2D eigenvalue weighted by Crippen LogP contribution is 2.18. The van der Waals surface area contributed by atoms with Gasteiger partial charge in [-0.25, -0.2) is 9.38 Å². The maximum absolute atomic E-state index is 12.9. The minimum Gasteiger partial charge on any atom is -0.320 e. The summed E-state index contributed by atoms with van der Waals surface area (Å²) in [6.07, 6.45) is 1.69. The number of imidazole rings is 2. The first-order valence-electron chi connectivity index (χ1n) is 7.20. The Kier molecular flexibility index (Phi) is 3.02. The van der Waals surface area contributed by atoms with Crippen molar-refractivity contribution in [3.8, 4) is 0 Å². The Bertz CT molecular complexity index is 1090. The molecule has 0 atom stereocenters. The summed E-state index contributed by atoms with van der Waals surface area (Å²) in [5, 5.41) is 0.333. The van der Waals surface area contributed by atoms with Crippen LogP contribution in [0.1, 0.15) is 11.3 Å². The van der Waals surface area contributed by atoms with Gasteiger partial charge in [-0.3, -0.25) is 9.36 Å². The molecule has 4 rings (SSSR count). The average Bonchev–Trinajstić information content (AvgIpc) is 3.09. The van der Waals surface area contributed by atoms with E-state index < -0.39 is 0 Å². The van der Waals surface area contributed by atoms with Crippen molar-refractivity contribution in [1.29, 1.82) is 0 Å². The minimum absolute atomic E-state index is 0.154. The SMILES string of the molecule is Cc1c(Cl)nc2n(C)c3ncn(Cc4ccccc4)c3c(=O)n12. The molecular formula is C16H14ClN5O. The van der Waals surface area contributed by atoms with Gasteiger partial charge in [0.1, 0.15) is 0 Å². The highest BCUT2D eigenvalue weighted by atomic mass is 35.5. The van der Waals surface area contributed by atoms with Gasteiger partial charge in [-0.05, 0) is 12.5 Å². The minimum atomic E-state index is -0.154.